The van der Waals surface area contributed by atoms with E-state index >= 15 is 0 Å². The fourth-order valence-corrected chi connectivity index (χ4v) is 3.21. The van der Waals surface area contributed by atoms with Crippen molar-refractivity contribution in [2.24, 2.45) is 0 Å². The van der Waals surface area contributed by atoms with Crippen molar-refractivity contribution >= 4 is 5.97 Å². The largest absolute Gasteiger partial charge is 0.504 e. The highest BCUT2D eigenvalue weighted by atomic mass is 16.6. The first-order chi connectivity index (χ1) is 11.0. The maximum Gasteiger partial charge on any atom is 0.342 e. The lowest BCUT2D eigenvalue weighted by Gasteiger charge is -2.28. The van der Waals surface area contributed by atoms with Gasteiger partial charge < -0.3 is 29.2 Å². The maximum atomic E-state index is 12.3. The molecule has 126 valence electrons. The fourth-order valence-electron chi connectivity index (χ4n) is 3.21. The number of ether oxygens (including phenoxy) is 4. The Morgan fingerprint density at radius 2 is 2.13 bits per heavy atom. The quantitative estimate of drug-likeness (QED) is 0.811. The van der Waals surface area contributed by atoms with E-state index in [1.54, 1.807) is 6.07 Å². The van der Waals surface area contributed by atoms with Crippen LogP contribution in [0.15, 0.2) is 6.07 Å². The highest BCUT2D eigenvalue weighted by Gasteiger charge is 2.47. The van der Waals surface area contributed by atoms with Gasteiger partial charge in [-0.3, -0.25) is 0 Å². The Kier molecular flexibility index (Phi) is 4.08. The van der Waals surface area contributed by atoms with Gasteiger partial charge in [-0.15, -0.1) is 0 Å². The van der Waals surface area contributed by atoms with E-state index in [1.807, 2.05) is 6.92 Å². The molecule has 23 heavy (non-hydrogen) atoms. The minimum absolute atomic E-state index is 0.0236. The average Bonchev–Trinajstić information content (AvgIpc) is 2.97. The number of fused-ring (bicyclic) bond motifs is 3. The Morgan fingerprint density at radius 3 is 2.74 bits per heavy atom. The van der Waals surface area contributed by atoms with Gasteiger partial charge >= 0.3 is 5.97 Å². The second-order valence-corrected chi connectivity index (χ2v) is 5.68. The van der Waals surface area contributed by atoms with Crippen molar-refractivity contribution in [3.63, 3.8) is 0 Å². The molecule has 0 saturated carbocycles. The summed E-state index contributed by atoms with van der Waals surface area (Å²) in [5.41, 5.74) is 0.516. The molecule has 0 spiro atoms. The molecule has 7 heteroatoms. The zero-order chi connectivity index (χ0) is 16.7. The number of hydrogen-bond acceptors (Lipinski definition) is 7. The van der Waals surface area contributed by atoms with E-state index in [9.17, 15) is 15.0 Å². The standard InChI is InChI=1S/C16H20O7/c1-4-8(17)9-6-11-14(22-9)7-5-10(20-2)15(21-3)13(18)12(7)16(19)23-11/h5,8-9,11,14,17-18H,4,6H2,1-3H3/t8-,9+,11+,14+/m1/s1. The number of phenols is 1. The van der Waals surface area contributed by atoms with Crippen LogP contribution >= 0.6 is 0 Å². The number of hydrogen-bond donors (Lipinski definition) is 2. The summed E-state index contributed by atoms with van der Waals surface area (Å²) in [5.74, 6) is -0.576. The van der Waals surface area contributed by atoms with E-state index in [1.165, 1.54) is 14.2 Å². The monoisotopic (exact) mass is 324 g/mol. The average molecular weight is 324 g/mol. The van der Waals surface area contributed by atoms with Crippen LogP contribution in [0.1, 0.15) is 41.8 Å². The van der Waals surface area contributed by atoms with Crippen LogP contribution in [0.4, 0.5) is 0 Å². The molecule has 0 aromatic heterocycles. The minimum atomic E-state index is -0.630. The van der Waals surface area contributed by atoms with Crippen molar-refractivity contribution in [1.29, 1.82) is 0 Å². The van der Waals surface area contributed by atoms with Crippen LogP contribution in [-0.4, -0.2) is 48.7 Å². The molecule has 0 amide bonds. The van der Waals surface area contributed by atoms with E-state index in [-0.39, 0.29) is 17.1 Å². The second kappa shape index (κ2) is 5.90. The van der Waals surface area contributed by atoms with Crippen LogP contribution in [-0.2, 0) is 9.47 Å². The summed E-state index contributed by atoms with van der Waals surface area (Å²) in [7, 11) is 2.82. The second-order valence-electron chi connectivity index (χ2n) is 5.68. The SMILES string of the molecule is CC[C@@H](O)[C@@H]1C[C@@H]2OC(=O)c3c(cc(OC)c(OC)c3O)[C@@H]2O1. The van der Waals surface area contributed by atoms with E-state index in [4.69, 9.17) is 18.9 Å². The molecule has 3 rings (SSSR count). The lowest BCUT2D eigenvalue weighted by molar-refractivity contribution is -0.0544. The smallest absolute Gasteiger partial charge is 0.342 e. The van der Waals surface area contributed by atoms with Gasteiger partial charge in [0.05, 0.1) is 26.4 Å². The summed E-state index contributed by atoms with van der Waals surface area (Å²) in [6, 6.07) is 1.62. The van der Waals surface area contributed by atoms with Crippen LogP contribution in [0.25, 0.3) is 0 Å². The molecule has 2 heterocycles. The molecule has 2 N–H and O–H groups in total. The predicted molar refractivity (Wildman–Crippen MR) is 78.9 cm³/mol. The first-order valence-corrected chi connectivity index (χ1v) is 7.54. The van der Waals surface area contributed by atoms with E-state index in [0.29, 0.717) is 24.2 Å². The number of methoxy groups -OCH3 is 2. The van der Waals surface area contributed by atoms with Crippen molar-refractivity contribution in [2.45, 2.75) is 44.2 Å². The van der Waals surface area contributed by atoms with Gasteiger partial charge in [0.25, 0.3) is 0 Å². The van der Waals surface area contributed by atoms with Gasteiger partial charge in [-0.2, -0.15) is 0 Å². The number of aliphatic hydroxyl groups excluding tert-OH is 1. The molecule has 1 aromatic carbocycles. The number of rotatable bonds is 4. The summed E-state index contributed by atoms with van der Waals surface area (Å²) in [4.78, 5) is 12.3. The van der Waals surface area contributed by atoms with E-state index in [0.717, 1.165) is 0 Å². The van der Waals surface area contributed by atoms with Gasteiger partial charge in [0.2, 0.25) is 5.75 Å². The number of aromatic hydroxyl groups is 1. The molecule has 0 bridgehead atoms. The molecule has 2 aliphatic heterocycles. The summed E-state index contributed by atoms with van der Waals surface area (Å²) >= 11 is 0. The zero-order valence-electron chi connectivity index (χ0n) is 13.2. The van der Waals surface area contributed by atoms with Gasteiger partial charge in [0.1, 0.15) is 17.8 Å². The molecule has 4 atom stereocenters. The Bertz CT molecular complexity index is 627. The molecular weight excluding hydrogens is 304 g/mol. The molecule has 1 aromatic rings. The summed E-state index contributed by atoms with van der Waals surface area (Å²) in [5, 5.41) is 20.3. The minimum Gasteiger partial charge on any atom is -0.504 e. The lowest BCUT2D eigenvalue weighted by atomic mass is 9.93. The topological polar surface area (TPSA) is 94.5 Å². The van der Waals surface area contributed by atoms with Gasteiger partial charge in [0.15, 0.2) is 11.5 Å². The number of benzene rings is 1. The number of carbonyl (C=O) groups is 1. The molecule has 0 aliphatic carbocycles. The number of aliphatic hydroxyl groups is 1. The Hall–Kier alpha value is -1.99. The normalized spacial score (nSPS) is 27.0. The fraction of sp³-hybridized carbons (Fsp3) is 0.562. The van der Waals surface area contributed by atoms with Crippen LogP contribution in [0, 0.1) is 0 Å². The summed E-state index contributed by atoms with van der Waals surface area (Å²) in [6.45, 7) is 1.86. The molecule has 0 radical (unpaired) electrons. The van der Waals surface area contributed by atoms with Gasteiger partial charge in [-0.25, -0.2) is 4.79 Å². The van der Waals surface area contributed by atoms with Crippen LogP contribution in [0.5, 0.6) is 17.2 Å². The van der Waals surface area contributed by atoms with Gasteiger partial charge in [0, 0.05) is 12.0 Å². The predicted octanol–water partition coefficient (Wildman–Crippen LogP) is 1.55. The van der Waals surface area contributed by atoms with Crippen molar-refractivity contribution in [1.82, 2.24) is 0 Å². The van der Waals surface area contributed by atoms with Crippen molar-refractivity contribution in [3.8, 4) is 17.2 Å². The van der Waals surface area contributed by atoms with E-state index in [2.05, 4.69) is 0 Å². The third-order valence-electron chi connectivity index (χ3n) is 4.42. The number of carbonyl (C=O) groups excluding carboxylic acids is 1. The van der Waals surface area contributed by atoms with E-state index < -0.39 is 30.4 Å². The zero-order valence-corrected chi connectivity index (χ0v) is 13.2. The maximum absolute atomic E-state index is 12.3. The molecular formula is C16H20O7. The first kappa shape index (κ1) is 15.9. The van der Waals surface area contributed by atoms with Crippen molar-refractivity contribution in [2.75, 3.05) is 14.2 Å². The first-order valence-electron chi connectivity index (χ1n) is 7.54. The van der Waals surface area contributed by atoms with Crippen molar-refractivity contribution < 1.29 is 34.0 Å². The molecule has 1 saturated heterocycles. The summed E-state index contributed by atoms with van der Waals surface area (Å²) in [6.07, 6.45) is -1.11. The van der Waals surface area contributed by atoms with Gasteiger partial charge in [-0.05, 0) is 12.5 Å². The highest BCUT2D eigenvalue weighted by molar-refractivity contribution is 5.97. The van der Waals surface area contributed by atoms with Crippen LogP contribution in [0.3, 0.4) is 0 Å². The summed E-state index contributed by atoms with van der Waals surface area (Å²) < 4.78 is 21.6. The third kappa shape index (κ3) is 2.40. The third-order valence-corrected chi connectivity index (χ3v) is 4.42. The molecule has 2 aliphatic rings. The van der Waals surface area contributed by atoms with Gasteiger partial charge in [-0.1, -0.05) is 6.92 Å². The molecule has 1 fully saturated rings. The number of phenolic OH excluding ortho intramolecular Hbond substituents is 1. The molecule has 7 nitrogen and oxygen atoms in total. The lowest BCUT2D eigenvalue weighted by Crippen LogP contribution is -2.29. The van der Waals surface area contributed by atoms with Crippen LogP contribution in [0.2, 0.25) is 0 Å². The Balaban J connectivity index is 2.06. The Labute approximate surface area is 133 Å². The Morgan fingerprint density at radius 1 is 1.39 bits per heavy atom. The van der Waals surface area contributed by atoms with Crippen molar-refractivity contribution in [3.05, 3.63) is 17.2 Å². The molecule has 0 unspecified atom stereocenters. The highest BCUT2D eigenvalue weighted by Crippen LogP contribution is 2.50. The van der Waals surface area contributed by atoms with Crippen LogP contribution < -0.4 is 9.47 Å². The number of esters is 1.